The third kappa shape index (κ3) is 5.43. The Morgan fingerprint density at radius 3 is 2.21 bits per heavy atom. The Bertz CT molecular complexity index is 706. The summed E-state index contributed by atoms with van der Waals surface area (Å²) in [5.41, 5.74) is 1.57. The van der Waals surface area contributed by atoms with Crippen LogP contribution in [0, 0.1) is 0 Å². The van der Waals surface area contributed by atoms with Crippen molar-refractivity contribution >= 4 is 17.6 Å². The van der Waals surface area contributed by atoms with Gasteiger partial charge in [0.15, 0.2) is 0 Å². The van der Waals surface area contributed by atoms with Crippen LogP contribution in [0.5, 0.6) is 0 Å². The Morgan fingerprint density at radius 1 is 0.917 bits per heavy atom. The first-order valence-corrected chi connectivity index (χ1v) is 7.85. The maximum Gasteiger partial charge on any atom is 0.319 e. The maximum atomic E-state index is 12.4. The summed E-state index contributed by atoms with van der Waals surface area (Å²) in [5, 5.41) is 8.41. The second-order valence-corrected chi connectivity index (χ2v) is 6.54. The predicted molar refractivity (Wildman–Crippen MR) is 96.0 cm³/mol. The molecule has 0 bridgehead atoms. The number of hydrogen-bond donors (Lipinski definition) is 3. The van der Waals surface area contributed by atoms with Crippen molar-refractivity contribution in [1.29, 1.82) is 0 Å². The molecular weight excluding hydrogens is 302 g/mol. The van der Waals surface area contributed by atoms with Crippen molar-refractivity contribution in [1.82, 2.24) is 10.6 Å². The summed E-state index contributed by atoms with van der Waals surface area (Å²) in [4.78, 5) is 24.5. The van der Waals surface area contributed by atoms with Crippen LogP contribution >= 0.6 is 0 Å². The van der Waals surface area contributed by atoms with Crippen LogP contribution in [-0.2, 0) is 6.54 Å². The SMILES string of the molecule is CC(C)(C)NC(=O)c1ccccc1NC(=O)NCc1ccccc1. The second-order valence-electron chi connectivity index (χ2n) is 6.54. The fourth-order valence-electron chi connectivity index (χ4n) is 2.14. The molecule has 0 aromatic heterocycles. The van der Waals surface area contributed by atoms with Crippen LogP contribution in [0.25, 0.3) is 0 Å². The molecule has 0 saturated carbocycles. The number of benzene rings is 2. The van der Waals surface area contributed by atoms with Crippen LogP contribution in [0.2, 0.25) is 0 Å². The number of carbonyl (C=O) groups excluding carboxylic acids is 2. The minimum Gasteiger partial charge on any atom is -0.347 e. The van der Waals surface area contributed by atoms with Gasteiger partial charge in [-0.2, -0.15) is 0 Å². The van der Waals surface area contributed by atoms with Crippen molar-refractivity contribution in [2.45, 2.75) is 32.9 Å². The van der Waals surface area contributed by atoms with Crippen LogP contribution in [0.1, 0.15) is 36.7 Å². The highest BCUT2D eigenvalue weighted by Crippen LogP contribution is 2.16. The van der Waals surface area contributed by atoms with Gasteiger partial charge in [-0.1, -0.05) is 42.5 Å². The van der Waals surface area contributed by atoms with E-state index in [1.54, 1.807) is 24.3 Å². The van der Waals surface area contributed by atoms with Crippen molar-refractivity contribution in [2.24, 2.45) is 0 Å². The molecule has 3 amide bonds. The number of hydrogen-bond acceptors (Lipinski definition) is 2. The van der Waals surface area contributed by atoms with Crippen LogP contribution in [0.4, 0.5) is 10.5 Å². The lowest BCUT2D eigenvalue weighted by Crippen LogP contribution is -2.41. The minimum atomic E-state index is -0.352. The smallest absolute Gasteiger partial charge is 0.319 e. The summed E-state index contributed by atoms with van der Waals surface area (Å²) in [6.07, 6.45) is 0. The van der Waals surface area contributed by atoms with Gasteiger partial charge in [-0.05, 0) is 38.5 Å². The lowest BCUT2D eigenvalue weighted by molar-refractivity contribution is 0.0920. The molecular formula is C19H23N3O2. The standard InChI is InChI=1S/C19H23N3O2/c1-19(2,3)22-17(23)15-11-7-8-12-16(15)21-18(24)20-13-14-9-5-4-6-10-14/h4-12H,13H2,1-3H3,(H,22,23)(H2,20,21,24). The van der Waals surface area contributed by atoms with E-state index in [1.165, 1.54) is 0 Å². The molecule has 126 valence electrons. The first-order chi connectivity index (χ1) is 11.3. The third-order valence-electron chi connectivity index (χ3n) is 3.20. The molecule has 5 nitrogen and oxygen atoms in total. The van der Waals surface area contributed by atoms with E-state index in [0.29, 0.717) is 17.8 Å². The van der Waals surface area contributed by atoms with Gasteiger partial charge < -0.3 is 16.0 Å². The molecule has 0 aliphatic rings. The van der Waals surface area contributed by atoms with Crippen LogP contribution in [-0.4, -0.2) is 17.5 Å². The van der Waals surface area contributed by atoms with E-state index >= 15 is 0 Å². The molecule has 0 atom stereocenters. The summed E-state index contributed by atoms with van der Waals surface area (Å²) in [5.74, 6) is -0.221. The molecule has 0 unspecified atom stereocenters. The number of nitrogens with one attached hydrogen (secondary N) is 3. The molecule has 2 rings (SSSR count). The lowest BCUT2D eigenvalue weighted by atomic mass is 10.1. The van der Waals surface area contributed by atoms with Gasteiger partial charge in [-0.25, -0.2) is 4.79 Å². The molecule has 0 spiro atoms. The fourth-order valence-corrected chi connectivity index (χ4v) is 2.14. The van der Waals surface area contributed by atoms with Gasteiger partial charge in [-0.3, -0.25) is 4.79 Å². The quantitative estimate of drug-likeness (QED) is 0.805. The van der Waals surface area contributed by atoms with E-state index in [1.807, 2.05) is 51.1 Å². The van der Waals surface area contributed by atoms with Crippen molar-refractivity contribution in [3.63, 3.8) is 0 Å². The monoisotopic (exact) mass is 325 g/mol. The summed E-state index contributed by atoms with van der Waals surface area (Å²) in [6, 6.07) is 16.2. The molecule has 0 radical (unpaired) electrons. The number of rotatable bonds is 4. The number of anilines is 1. The fraction of sp³-hybridized carbons (Fsp3) is 0.263. The maximum absolute atomic E-state index is 12.4. The molecule has 24 heavy (non-hydrogen) atoms. The van der Waals surface area contributed by atoms with Gasteiger partial charge in [0.05, 0.1) is 11.3 Å². The zero-order valence-electron chi connectivity index (χ0n) is 14.2. The van der Waals surface area contributed by atoms with E-state index in [0.717, 1.165) is 5.56 Å². The lowest BCUT2D eigenvalue weighted by Gasteiger charge is -2.21. The first-order valence-electron chi connectivity index (χ1n) is 7.85. The van der Waals surface area contributed by atoms with E-state index in [2.05, 4.69) is 16.0 Å². The zero-order valence-corrected chi connectivity index (χ0v) is 14.2. The number of carbonyl (C=O) groups is 2. The largest absolute Gasteiger partial charge is 0.347 e. The number of para-hydroxylation sites is 1. The molecule has 5 heteroatoms. The van der Waals surface area contributed by atoms with Crippen molar-refractivity contribution in [2.75, 3.05) is 5.32 Å². The molecule has 0 fully saturated rings. The zero-order chi connectivity index (χ0) is 17.6. The summed E-state index contributed by atoms with van der Waals surface area (Å²) >= 11 is 0. The normalized spacial score (nSPS) is 10.8. The van der Waals surface area contributed by atoms with E-state index in [-0.39, 0.29) is 17.5 Å². The van der Waals surface area contributed by atoms with Crippen LogP contribution in [0.15, 0.2) is 54.6 Å². The topological polar surface area (TPSA) is 70.2 Å². The predicted octanol–water partition coefficient (Wildman–Crippen LogP) is 3.54. The molecule has 0 aliphatic heterocycles. The van der Waals surface area contributed by atoms with Gasteiger partial charge in [0, 0.05) is 12.1 Å². The van der Waals surface area contributed by atoms with E-state index < -0.39 is 0 Å². The van der Waals surface area contributed by atoms with Crippen LogP contribution < -0.4 is 16.0 Å². The number of urea groups is 1. The van der Waals surface area contributed by atoms with Crippen molar-refractivity contribution < 1.29 is 9.59 Å². The molecule has 0 heterocycles. The first kappa shape index (κ1) is 17.5. The average Bonchev–Trinajstić information content (AvgIpc) is 2.53. The molecule has 2 aromatic carbocycles. The Kier molecular flexibility index (Phi) is 5.58. The van der Waals surface area contributed by atoms with Crippen molar-refractivity contribution in [3.05, 3.63) is 65.7 Å². The molecule has 0 aliphatic carbocycles. The Balaban J connectivity index is 2.01. The highest BCUT2D eigenvalue weighted by atomic mass is 16.2. The van der Waals surface area contributed by atoms with Gasteiger partial charge in [0.1, 0.15) is 0 Å². The second kappa shape index (κ2) is 7.64. The van der Waals surface area contributed by atoms with E-state index in [4.69, 9.17) is 0 Å². The highest BCUT2D eigenvalue weighted by Gasteiger charge is 2.18. The Morgan fingerprint density at radius 2 is 1.54 bits per heavy atom. The van der Waals surface area contributed by atoms with E-state index in [9.17, 15) is 9.59 Å². The molecule has 0 saturated heterocycles. The summed E-state index contributed by atoms with van der Waals surface area (Å²) in [7, 11) is 0. The van der Waals surface area contributed by atoms with Gasteiger partial charge in [-0.15, -0.1) is 0 Å². The van der Waals surface area contributed by atoms with Crippen molar-refractivity contribution in [3.8, 4) is 0 Å². The minimum absolute atomic E-state index is 0.221. The Labute approximate surface area is 142 Å². The van der Waals surface area contributed by atoms with Gasteiger partial charge in [0.2, 0.25) is 0 Å². The summed E-state index contributed by atoms with van der Waals surface area (Å²) in [6.45, 7) is 6.15. The average molecular weight is 325 g/mol. The van der Waals surface area contributed by atoms with Gasteiger partial charge >= 0.3 is 6.03 Å². The van der Waals surface area contributed by atoms with Crippen LogP contribution in [0.3, 0.4) is 0 Å². The molecule has 3 N–H and O–H groups in total. The molecule has 2 aromatic rings. The number of amides is 3. The summed E-state index contributed by atoms with van der Waals surface area (Å²) < 4.78 is 0. The highest BCUT2D eigenvalue weighted by molar-refractivity contribution is 6.03. The third-order valence-corrected chi connectivity index (χ3v) is 3.20. The van der Waals surface area contributed by atoms with Gasteiger partial charge in [0.25, 0.3) is 5.91 Å². The Hall–Kier alpha value is -2.82.